The Balaban J connectivity index is 2.61. The molecule has 3 atom stereocenters. The first-order valence-corrected chi connectivity index (χ1v) is 6.71. The Hall–Kier alpha value is -0.860. The van der Waals surface area contributed by atoms with Crippen molar-refractivity contribution in [2.45, 2.75) is 51.2 Å². The molecular weight excluding hydrogens is 224 g/mol. The van der Waals surface area contributed by atoms with Gasteiger partial charge in [-0.3, -0.25) is 0 Å². The van der Waals surface area contributed by atoms with E-state index in [9.17, 15) is 5.11 Å². The van der Waals surface area contributed by atoms with E-state index in [-0.39, 0.29) is 17.4 Å². The SMILES string of the molecule is COC1C(O)C(C(C)C)c2ccccc2C1(C)C. The van der Waals surface area contributed by atoms with Crippen LogP contribution in [0.15, 0.2) is 24.3 Å². The molecule has 3 unspecified atom stereocenters. The lowest BCUT2D eigenvalue weighted by Crippen LogP contribution is -2.52. The molecule has 1 aromatic carbocycles. The second-order valence-electron chi connectivity index (χ2n) is 6.23. The third-order valence-corrected chi connectivity index (χ3v) is 4.38. The first-order valence-electron chi connectivity index (χ1n) is 6.71. The summed E-state index contributed by atoms with van der Waals surface area (Å²) in [7, 11) is 1.70. The molecule has 0 amide bonds. The van der Waals surface area contributed by atoms with E-state index in [1.54, 1.807) is 7.11 Å². The molecule has 0 radical (unpaired) electrons. The van der Waals surface area contributed by atoms with E-state index in [4.69, 9.17) is 4.74 Å². The standard InChI is InChI=1S/C16H24O2/c1-10(2)13-11-8-6-7-9-12(11)16(3,4)15(18-5)14(13)17/h6-10,13-15,17H,1-5H3. The van der Waals surface area contributed by atoms with Gasteiger partial charge in [0.25, 0.3) is 0 Å². The predicted molar refractivity (Wildman–Crippen MR) is 73.9 cm³/mol. The number of aliphatic hydroxyl groups is 1. The monoisotopic (exact) mass is 248 g/mol. The number of rotatable bonds is 2. The smallest absolute Gasteiger partial charge is 0.0927 e. The molecule has 0 spiro atoms. The highest BCUT2D eigenvalue weighted by molar-refractivity contribution is 5.41. The van der Waals surface area contributed by atoms with Crippen LogP contribution >= 0.6 is 0 Å². The highest BCUT2D eigenvalue weighted by Gasteiger charge is 2.47. The van der Waals surface area contributed by atoms with Gasteiger partial charge in [0.15, 0.2) is 0 Å². The van der Waals surface area contributed by atoms with Gasteiger partial charge in [-0.1, -0.05) is 52.0 Å². The minimum Gasteiger partial charge on any atom is -0.390 e. The van der Waals surface area contributed by atoms with Crippen molar-refractivity contribution >= 4 is 0 Å². The number of hydrogen-bond donors (Lipinski definition) is 1. The van der Waals surface area contributed by atoms with Gasteiger partial charge >= 0.3 is 0 Å². The molecule has 2 nitrogen and oxygen atoms in total. The van der Waals surface area contributed by atoms with Crippen molar-refractivity contribution in [3.05, 3.63) is 35.4 Å². The van der Waals surface area contributed by atoms with Crippen molar-refractivity contribution < 1.29 is 9.84 Å². The van der Waals surface area contributed by atoms with Crippen LogP contribution in [0.1, 0.15) is 44.7 Å². The minimum absolute atomic E-state index is 0.152. The number of hydrogen-bond acceptors (Lipinski definition) is 2. The summed E-state index contributed by atoms with van der Waals surface area (Å²) in [6.45, 7) is 8.63. The fraction of sp³-hybridized carbons (Fsp3) is 0.625. The number of aliphatic hydroxyl groups excluding tert-OH is 1. The van der Waals surface area contributed by atoms with Gasteiger partial charge in [-0.2, -0.15) is 0 Å². The van der Waals surface area contributed by atoms with E-state index in [0.29, 0.717) is 5.92 Å². The second-order valence-corrected chi connectivity index (χ2v) is 6.23. The maximum Gasteiger partial charge on any atom is 0.0927 e. The van der Waals surface area contributed by atoms with Crippen LogP contribution in [0.5, 0.6) is 0 Å². The van der Waals surface area contributed by atoms with Crippen LogP contribution in [-0.2, 0) is 10.2 Å². The summed E-state index contributed by atoms with van der Waals surface area (Å²) >= 11 is 0. The molecular formula is C16H24O2. The normalized spacial score (nSPS) is 30.3. The third-order valence-electron chi connectivity index (χ3n) is 4.38. The fourth-order valence-corrected chi connectivity index (χ4v) is 3.51. The van der Waals surface area contributed by atoms with Gasteiger partial charge in [0.05, 0.1) is 12.2 Å². The van der Waals surface area contributed by atoms with E-state index in [0.717, 1.165) is 0 Å². The summed E-state index contributed by atoms with van der Waals surface area (Å²) in [5.41, 5.74) is 2.43. The van der Waals surface area contributed by atoms with Crippen LogP contribution < -0.4 is 0 Å². The van der Waals surface area contributed by atoms with Crippen LogP contribution in [0.25, 0.3) is 0 Å². The van der Waals surface area contributed by atoms with E-state index in [1.165, 1.54) is 11.1 Å². The van der Waals surface area contributed by atoms with Crippen molar-refractivity contribution in [2.75, 3.05) is 7.11 Å². The summed E-state index contributed by atoms with van der Waals surface area (Å²) in [5, 5.41) is 10.7. The van der Waals surface area contributed by atoms with Gasteiger partial charge in [0.1, 0.15) is 0 Å². The highest BCUT2D eigenvalue weighted by atomic mass is 16.5. The zero-order valence-electron chi connectivity index (χ0n) is 12.0. The molecule has 18 heavy (non-hydrogen) atoms. The summed E-state index contributed by atoms with van der Waals surface area (Å²) in [4.78, 5) is 0. The Morgan fingerprint density at radius 3 is 2.39 bits per heavy atom. The summed E-state index contributed by atoms with van der Waals surface area (Å²) in [6, 6.07) is 8.45. The molecule has 0 heterocycles. The molecule has 0 aliphatic heterocycles. The first kappa shape index (κ1) is 13.6. The molecule has 0 saturated heterocycles. The largest absolute Gasteiger partial charge is 0.390 e. The van der Waals surface area contributed by atoms with Gasteiger partial charge in [0.2, 0.25) is 0 Å². The van der Waals surface area contributed by atoms with Crippen LogP contribution in [0.2, 0.25) is 0 Å². The molecule has 2 heteroatoms. The Kier molecular flexibility index (Phi) is 3.52. The molecule has 0 aromatic heterocycles. The molecule has 0 fully saturated rings. The Morgan fingerprint density at radius 2 is 1.83 bits per heavy atom. The van der Waals surface area contributed by atoms with Gasteiger partial charge in [0, 0.05) is 18.4 Å². The van der Waals surface area contributed by atoms with E-state index in [1.807, 2.05) is 0 Å². The zero-order chi connectivity index (χ0) is 13.5. The molecule has 0 bridgehead atoms. The van der Waals surface area contributed by atoms with Crippen molar-refractivity contribution in [3.63, 3.8) is 0 Å². The Labute approximate surface area is 110 Å². The van der Waals surface area contributed by atoms with Gasteiger partial charge < -0.3 is 9.84 Å². The zero-order valence-corrected chi connectivity index (χ0v) is 12.0. The minimum atomic E-state index is -0.445. The number of benzene rings is 1. The van der Waals surface area contributed by atoms with Crippen molar-refractivity contribution in [1.82, 2.24) is 0 Å². The van der Waals surface area contributed by atoms with Crippen molar-refractivity contribution in [1.29, 1.82) is 0 Å². The number of methoxy groups -OCH3 is 1. The summed E-state index contributed by atoms with van der Waals surface area (Å²) in [6.07, 6.45) is -0.598. The first-order chi connectivity index (χ1) is 8.41. The quantitative estimate of drug-likeness (QED) is 0.871. The number of fused-ring (bicyclic) bond motifs is 1. The second kappa shape index (κ2) is 4.67. The Bertz CT molecular complexity index is 423. The Morgan fingerprint density at radius 1 is 1.22 bits per heavy atom. The van der Waals surface area contributed by atoms with Crippen LogP contribution in [0.4, 0.5) is 0 Å². The average molecular weight is 248 g/mol. The lowest BCUT2D eigenvalue weighted by atomic mass is 9.63. The highest BCUT2D eigenvalue weighted by Crippen LogP contribution is 2.46. The van der Waals surface area contributed by atoms with Gasteiger partial charge in [-0.25, -0.2) is 0 Å². The molecule has 1 N–H and O–H groups in total. The number of ether oxygens (including phenoxy) is 1. The van der Waals surface area contributed by atoms with Crippen molar-refractivity contribution in [3.8, 4) is 0 Å². The molecule has 1 aliphatic carbocycles. The van der Waals surface area contributed by atoms with E-state index >= 15 is 0 Å². The lowest BCUT2D eigenvalue weighted by molar-refractivity contribution is -0.0765. The van der Waals surface area contributed by atoms with Crippen molar-refractivity contribution in [2.24, 2.45) is 5.92 Å². The maximum absolute atomic E-state index is 10.7. The van der Waals surface area contributed by atoms with Gasteiger partial charge in [-0.15, -0.1) is 0 Å². The van der Waals surface area contributed by atoms with Crippen LogP contribution in [-0.4, -0.2) is 24.4 Å². The fourth-order valence-electron chi connectivity index (χ4n) is 3.51. The average Bonchev–Trinajstić information content (AvgIpc) is 2.28. The molecule has 1 aliphatic rings. The summed E-state index contributed by atoms with van der Waals surface area (Å²) in [5.74, 6) is 0.550. The molecule has 1 aromatic rings. The van der Waals surface area contributed by atoms with Crippen LogP contribution in [0.3, 0.4) is 0 Å². The van der Waals surface area contributed by atoms with E-state index in [2.05, 4.69) is 52.0 Å². The molecule has 100 valence electrons. The maximum atomic E-state index is 10.7. The predicted octanol–water partition coefficient (Wildman–Crippen LogP) is 3.09. The van der Waals surface area contributed by atoms with E-state index < -0.39 is 6.10 Å². The lowest BCUT2D eigenvalue weighted by Gasteiger charge is -2.47. The summed E-state index contributed by atoms with van der Waals surface area (Å²) < 4.78 is 5.61. The third kappa shape index (κ3) is 1.88. The topological polar surface area (TPSA) is 29.5 Å². The molecule has 2 rings (SSSR count). The molecule has 0 saturated carbocycles. The van der Waals surface area contributed by atoms with Crippen LogP contribution in [0, 0.1) is 5.92 Å². The van der Waals surface area contributed by atoms with Gasteiger partial charge in [-0.05, 0) is 17.0 Å².